The summed E-state index contributed by atoms with van der Waals surface area (Å²) < 4.78 is 0. The first-order chi connectivity index (χ1) is 4.16. The zero-order chi connectivity index (χ0) is 7.28. The fraction of sp³-hybridized carbons (Fsp3) is 0.800. The van der Waals surface area contributed by atoms with Crippen LogP contribution in [0.1, 0.15) is 19.8 Å². The molecule has 0 aromatic heterocycles. The van der Waals surface area contributed by atoms with Crippen molar-refractivity contribution < 1.29 is 9.63 Å². The number of primary amides is 1. The van der Waals surface area contributed by atoms with Crippen molar-refractivity contribution in [2.45, 2.75) is 25.9 Å². The molecule has 4 heteroatoms. The van der Waals surface area contributed by atoms with Crippen molar-refractivity contribution in [1.82, 2.24) is 0 Å². The fourth-order valence-electron chi connectivity index (χ4n) is 0.414. The second-order valence-corrected chi connectivity index (χ2v) is 1.95. The molecule has 0 radical (unpaired) electrons. The lowest BCUT2D eigenvalue weighted by Crippen LogP contribution is -2.17. The van der Waals surface area contributed by atoms with Gasteiger partial charge in [0.25, 0.3) is 0 Å². The summed E-state index contributed by atoms with van der Waals surface area (Å²) in [5.74, 6) is 4.49. The van der Waals surface area contributed by atoms with Crippen LogP contribution in [0.2, 0.25) is 0 Å². The smallest absolute Gasteiger partial charge is 0.217 e. The van der Waals surface area contributed by atoms with Crippen LogP contribution in [0.15, 0.2) is 0 Å². The first-order valence-corrected chi connectivity index (χ1v) is 2.80. The van der Waals surface area contributed by atoms with Crippen LogP contribution in [-0.2, 0) is 9.63 Å². The first-order valence-electron chi connectivity index (χ1n) is 2.80. The minimum absolute atomic E-state index is 0.0856. The molecule has 1 amide bonds. The summed E-state index contributed by atoms with van der Waals surface area (Å²) in [6, 6.07) is 0. The summed E-state index contributed by atoms with van der Waals surface area (Å²) in [6.45, 7) is 1.78. The molecule has 0 rings (SSSR count). The van der Waals surface area contributed by atoms with Crippen LogP contribution in [0, 0.1) is 0 Å². The molecule has 0 fully saturated rings. The highest BCUT2D eigenvalue weighted by Crippen LogP contribution is 1.96. The van der Waals surface area contributed by atoms with E-state index in [-0.39, 0.29) is 12.0 Å². The Kier molecular flexibility index (Phi) is 4.00. The van der Waals surface area contributed by atoms with Crippen LogP contribution in [0.5, 0.6) is 0 Å². The topological polar surface area (TPSA) is 78.3 Å². The maximum Gasteiger partial charge on any atom is 0.217 e. The van der Waals surface area contributed by atoms with Crippen molar-refractivity contribution in [1.29, 1.82) is 0 Å². The average molecular weight is 132 g/mol. The van der Waals surface area contributed by atoms with E-state index in [1.165, 1.54) is 0 Å². The Labute approximate surface area is 54.1 Å². The van der Waals surface area contributed by atoms with Gasteiger partial charge in [-0.3, -0.25) is 4.79 Å². The quantitative estimate of drug-likeness (QED) is 0.507. The highest BCUT2D eigenvalue weighted by Gasteiger charge is 2.01. The third-order valence-corrected chi connectivity index (χ3v) is 1.03. The number of nitrogens with two attached hydrogens (primary N) is 2. The van der Waals surface area contributed by atoms with Gasteiger partial charge in [-0.15, -0.1) is 0 Å². The normalized spacial score (nSPS) is 13.1. The third kappa shape index (κ3) is 5.26. The molecule has 0 saturated heterocycles. The standard InChI is InChI=1S/C5H12N2O2/c1-4(9-7)2-3-5(6)8/h4H,2-3,7H2,1H3,(H2,6,8). The Hall–Kier alpha value is -0.610. The van der Waals surface area contributed by atoms with E-state index in [9.17, 15) is 4.79 Å². The first kappa shape index (κ1) is 8.39. The van der Waals surface area contributed by atoms with E-state index in [0.29, 0.717) is 12.8 Å². The van der Waals surface area contributed by atoms with E-state index in [1.807, 2.05) is 0 Å². The Morgan fingerprint density at radius 1 is 1.78 bits per heavy atom. The fourth-order valence-corrected chi connectivity index (χ4v) is 0.414. The van der Waals surface area contributed by atoms with Gasteiger partial charge in [-0.25, -0.2) is 5.90 Å². The molecule has 0 aromatic carbocycles. The van der Waals surface area contributed by atoms with Crippen LogP contribution >= 0.6 is 0 Å². The second-order valence-electron chi connectivity index (χ2n) is 1.95. The molecule has 0 aliphatic heterocycles. The van der Waals surface area contributed by atoms with Crippen LogP contribution < -0.4 is 11.6 Å². The lowest BCUT2D eigenvalue weighted by molar-refractivity contribution is -0.118. The van der Waals surface area contributed by atoms with E-state index >= 15 is 0 Å². The molecule has 1 unspecified atom stereocenters. The number of hydrogen-bond donors (Lipinski definition) is 2. The SMILES string of the molecule is CC(CCC(N)=O)ON. The van der Waals surface area contributed by atoms with Gasteiger partial charge in [-0.05, 0) is 13.3 Å². The summed E-state index contributed by atoms with van der Waals surface area (Å²) in [7, 11) is 0. The monoisotopic (exact) mass is 132 g/mol. The van der Waals surface area contributed by atoms with E-state index in [1.54, 1.807) is 6.92 Å². The Morgan fingerprint density at radius 2 is 2.33 bits per heavy atom. The molecule has 4 nitrogen and oxygen atoms in total. The third-order valence-electron chi connectivity index (χ3n) is 1.03. The molecule has 0 saturated carbocycles. The Morgan fingerprint density at radius 3 is 2.67 bits per heavy atom. The molecular formula is C5H12N2O2. The second kappa shape index (κ2) is 4.29. The lowest BCUT2D eigenvalue weighted by atomic mass is 10.2. The van der Waals surface area contributed by atoms with Crippen LogP contribution in [0.3, 0.4) is 0 Å². The molecule has 9 heavy (non-hydrogen) atoms. The van der Waals surface area contributed by atoms with Gasteiger partial charge in [0.15, 0.2) is 0 Å². The molecule has 4 N–H and O–H groups in total. The zero-order valence-corrected chi connectivity index (χ0v) is 5.46. The van der Waals surface area contributed by atoms with Gasteiger partial charge in [0.1, 0.15) is 0 Å². The highest BCUT2D eigenvalue weighted by molar-refractivity contribution is 5.73. The van der Waals surface area contributed by atoms with Gasteiger partial charge < -0.3 is 10.6 Å². The Balaban J connectivity index is 3.16. The van der Waals surface area contributed by atoms with Crippen LogP contribution in [-0.4, -0.2) is 12.0 Å². The minimum atomic E-state index is -0.320. The van der Waals surface area contributed by atoms with Crippen LogP contribution in [0.4, 0.5) is 0 Å². The summed E-state index contributed by atoms with van der Waals surface area (Å²) in [5, 5.41) is 0. The average Bonchev–Trinajstić information content (AvgIpc) is 1.83. The van der Waals surface area contributed by atoms with Crippen molar-refractivity contribution in [3.05, 3.63) is 0 Å². The van der Waals surface area contributed by atoms with Crippen molar-refractivity contribution in [3.8, 4) is 0 Å². The highest BCUT2D eigenvalue weighted by atomic mass is 16.6. The zero-order valence-electron chi connectivity index (χ0n) is 5.46. The van der Waals surface area contributed by atoms with Gasteiger partial charge >= 0.3 is 0 Å². The van der Waals surface area contributed by atoms with E-state index in [4.69, 9.17) is 11.6 Å². The van der Waals surface area contributed by atoms with Gasteiger partial charge in [-0.2, -0.15) is 0 Å². The maximum atomic E-state index is 10.1. The number of carbonyl (C=O) groups is 1. The van der Waals surface area contributed by atoms with Crippen molar-refractivity contribution in [2.75, 3.05) is 0 Å². The van der Waals surface area contributed by atoms with Crippen molar-refractivity contribution >= 4 is 5.91 Å². The van der Waals surface area contributed by atoms with Gasteiger partial charge in [0.2, 0.25) is 5.91 Å². The molecule has 0 bridgehead atoms. The van der Waals surface area contributed by atoms with Crippen molar-refractivity contribution in [3.63, 3.8) is 0 Å². The minimum Gasteiger partial charge on any atom is -0.370 e. The van der Waals surface area contributed by atoms with E-state index in [0.717, 1.165) is 0 Å². The van der Waals surface area contributed by atoms with Gasteiger partial charge in [0, 0.05) is 6.42 Å². The summed E-state index contributed by atoms with van der Waals surface area (Å²) in [5.41, 5.74) is 4.86. The number of rotatable bonds is 4. The molecule has 0 heterocycles. The number of amides is 1. The molecule has 0 aliphatic rings. The summed E-state index contributed by atoms with van der Waals surface area (Å²) >= 11 is 0. The van der Waals surface area contributed by atoms with Gasteiger partial charge in [-0.1, -0.05) is 0 Å². The molecule has 54 valence electrons. The largest absolute Gasteiger partial charge is 0.370 e. The van der Waals surface area contributed by atoms with E-state index in [2.05, 4.69) is 4.84 Å². The number of carbonyl (C=O) groups excluding carboxylic acids is 1. The van der Waals surface area contributed by atoms with Crippen LogP contribution in [0.25, 0.3) is 0 Å². The van der Waals surface area contributed by atoms with E-state index < -0.39 is 0 Å². The summed E-state index contributed by atoms with van der Waals surface area (Å²) in [4.78, 5) is 14.5. The van der Waals surface area contributed by atoms with Gasteiger partial charge in [0.05, 0.1) is 6.10 Å². The predicted octanol–water partition coefficient (Wildman–Crippen LogP) is -0.469. The molecule has 0 spiro atoms. The molecule has 0 aliphatic carbocycles. The number of hydrogen-bond acceptors (Lipinski definition) is 3. The predicted molar refractivity (Wildman–Crippen MR) is 33.2 cm³/mol. The lowest BCUT2D eigenvalue weighted by Gasteiger charge is -2.04. The molecule has 1 atom stereocenters. The van der Waals surface area contributed by atoms with Crippen molar-refractivity contribution in [2.24, 2.45) is 11.6 Å². The molecular weight excluding hydrogens is 120 g/mol. The Bertz CT molecular complexity index is 95.0. The maximum absolute atomic E-state index is 10.1. The summed E-state index contributed by atoms with van der Waals surface area (Å²) in [6.07, 6.45) is 0.835. The molecule has 0 aromatic rings.